The molecule has 0 bridgehead atoms. The van der Waals surface area contributed by atoms with Gasteiger partial charge in [0.25, 0.3) is 5.91 Å². The molecule has 1 aliphatic carbocycles. The van der Waals surface area contributed by atoms with Crippen LogP contribution in [0.2, 0.25) is 0 Å². The van der Waals surface area contributed by atoms with E-state index in [4.69, 9.17) is 4.42 Å². The van der Waals surface area contributed by atoms with Crippen LogP contribution in [0, 0.1) is 20.8 Å². The maximum absolute atomic E-state index is 14.3. The van der Waals surface area contributed by atoms with Crippen molar-refractivity contribution in [3.05, 3.63) is 111 Å². The van der Waals surface area contributed by atoms with E-state index in [0.29, 0.717) is 31.0 Å². The zero-order valence-electron chi connectivity index (χ0n) is 32.2. The molecule has 1 saturated heterocycles. The summed E-state index contributed by atoms with van der Waals surface area (Å²) in [4.78, 5) is 20.9. The van der Waals surface area contributed by atoms with Gasteiger partial charge in [-0.15, -0.1) is 0 Å². The molecule has 0 radical (unpaired) electrons. The van der Waals surface area contributed by atoms with E-state index >= 15 is 0 Å². The molecule has 280 valence electrons. The van der Waals surface area contributed by atoms with Gasteiger partial charge >= 0.3 is 6.18 Å². The van der Waals surface area contributed by atoms with Crippen LogP contribution in [0.4, 0.5) is 13.2 Å². The minimum atomic E-state index is -4.44. The van der Waals surface area contributed by atoms with E-state index < -0.39 is 11.7 Å². The zero-order valence-corrected chi connectivity index (χ0v) is 32.2. The van der Waals surface area contributed by atoms with Gasteiger partial charge in [0, 0.05) is 62.8 Å². The number of aromatic nitrogens is 1. The summed E-state index contributed by atoms with van der Waals surface area (Å²) in [5.41, 5.74) is 7.78. The van der Waals surface area contributed by atoms with Crippen LogP contribution < -0.4 is 0 Å². The summed E-state index contributed by atoms with van der Waals surface area (Å²) >= 11 is 0. The Morgan fingerprint density at radius 1 is 0.865 bits per heavy atom. The summed E-state index contributed by atoms with van der Waals surface area (Å²) in [6.07, 6.45) is -0.729. The van der Waals surface area contributed by atoms with E-state index in [1.807, 2.05) is 35.4 Å². The van der Waals surface area contributed by atoms with Crippen molar-refractivity contribution in [2.75, 3.05) is 46.3 Å². The van der Waals surface area contributed by atoms with Gasteiger partial charge in [-0.25, -0.2) is 0 Å². The second kappa shape index (κ2) is 14.5. The number of carbonyl (C=O) groups excluding carboxylic acids is 1. The van der Waals surface area contributed by atoms with Crippen molar-refractivity contribution < 1.29 is 22.4 Å². The number of aryl methyl sites for hydroxylation is 2. The molecule has 2 aromatic carbocycles. The molecule has 0 unspecified atom stereocenters. The number of nitrogens with zero attached hydrogens (tertiary/aromatic N) is 4. The number of piperazine rings is 1. The number of carbonyl (C=O) groups is 1. The Morgan fingerprint density at radius 2 is 1.54 bits per heavy atom. The molecule has 52 heavy (non-hydrogen) atoms. The predicted octanol–water partition coefficient (Wildman–Crippen LogP) is 9.23. The summed E-state index contributed by atoms with van der Waals surface area (Å²) in [6.45, 7) is 21.1. The fourth-order valence-corrected chi connectivity index (χ4v) is 8.11. The normalized spacial score (nSPS) is 17.7. The van der Waals surface area contributed by atoms with Crippen molar-refractivity contribution in [3.8, 4) is 5.69 Å². The molecule has 2 aliphatic rings. The van der Waals surface area contributed by atoms with Crippen molar-refractivity contribution in [3.63, 3.8) is 0 Å². The molecule has 1 fully saturated rings. The number of benzene rings is 2. The number of furan rings is 1. The molecule has 0 atom stereocenters. The number of hydrogen-bond acceptors (Lipinski definition) is 4. The van der Waals surface area contributed by atoms with Crippen LogP contribution in [-0.2, 0) is 30.0 Å². The Bertz CT molecular complexity index is 1910. The molecule has 2 aromatic heterocycles. The first-order valence-corrected chi connectivity index (χ1v) is 18.7. The van der Waals surface area contributed by atoms with Crippen molar-refractivity contribution in [1.82, 2.24) is 19.3 Å². The monoisotopic (exact) mass is 716 g/mol. The average molecular weight is 717 g/mol. The maximum atomic E-state index is 14.3. The molecule has 4 aromatic rings. The Balaban J connectivity index is 1.25. The molecule has 0 N–H and O–H groups in total. The van der Waals surface area contributed by atoms with Gasteiger partial charge in [-0.1, -0.05) is 45.9 Å². The highest BCUT2D eigenvalue weighted by atomic mass is 19.4. The van der Waals surface area contributed by atoms with Gasteiger partial charge in [-0.2, -0.15) is 13.2 Å². The van der Waals surface area contributed by atoms with E-state index in [2.05, 4.69) is 63.6 Å². The molecule has 1 amide bonds. The first kappa shape index (κ1) is 37.9. The third-order valence-electron chi connectivity index (χ3n) is 11.7. The van der Waals surface area contributed by atoms with E-state index in [-0.39, 0.29) is 16.7 Å². The molecule has 0 saturated carbocycles. The smallest absolute Gasteiger partial charge is 0.416 e. The molecular weight excluding hydrogens is 661 g/mol. The number of alkyl halides is 3. The van der Waals surface area contributed by atoms with Crippen LogP contribution in [0.3, 0.4) is 0 Å². The number of fused-ring (bicyclic) bond motifs is 1. The predicted molar refractivity (Wildman–Crippen MR) is 202 cm³/mol. The average Bonchev–Trinajstić information content (AvgIpc) is 3.66. The quantitative estimate of drug-likeness (QED) is 0.164. The maximum Gasteiger partial charge on any atom is 0.416 e. The summed E-state index contributed by atoms with van der Waals surface area (Å²) in [6, 6.07) is 15.8. The van der Waals surface area contributed by atoms with Gasteiger partial charge in [-0.05, 0) is 129 Å². The Hall–Kier alpha value is -3.82. The highest BCUT2D eigenvalue weighted by molar-refractivity contribution is 5.91. The third-order valence-corrected chi connectivity index (χ3v) is 11.7. The minimum absolute atomic E-state index is 0.0960. The van der Waals surface area contributed by atoms with Gasteiger partial charge in [0.1, 0.15) is 5.76 Å². The molecule has 3 heterocycles. The second-order valence-corrected chi connectivity index (χ2v) is 16.5. The van der Waals surface area contributed by atoms with Crippen LogP contribution in [0.1, 0.15) is 108 Å². The lowest BCUT2D eigenvalue weighted by Crippen LogP contribution is -2.45. The first-order chi connectivity index (χ1) is 24.4. The molecular formula is C43H55F3N4O2. The van der Waals surface area contributed by atoms with E-state index in [1.165, 1.54) is 34.4 Å². The van der Waals surface area contributed by atoms with Gasteiger partial charge in [-0.3, -0.25) is 4.79 Å². The summed E-state index contributed by atoms with van der Waals surface area (Å²) in [5, 5.41) is 0. The fraction of sp³-hybridized carbons (Fsp3) is 0.512. The first-order valence-electron chi connectivity index (χ1n) is 18.7. The summed E-state index contributed by atoms with van der Waals surface area (Å²) in [5.74, 6) is 0.872. The van der Waals surface area contributed by atoms with E-state index in [0.717, 1.165) is 80.8 Å². The molecule has 6 nitrogen and oxygen atoms in total. The molecule has 9 heteroatoms. The van der Waals surface area contributed by atoms with Crippen molar-refractivity contribution in [2.45, 2.75) is 97.7 Å². The Labute approximate surface area is 307 Å². The third kappa shape index (κ3) is 8.05. The van der Waals surface area contributed by atoms with Crippen molar-refractivity contribution in [2.24, 2.45) is 0 Å². The highest BCUT2D eigenvalue weighted by Crippen LogP contribution is 2.46. The van der Waals surface area contributed by atoms with E-state index in [1.54, 1.807) is 12.1 Å². The van der Waals surface area contributed by atoms with Crippen LogP contribution in [-0.4, -0.2) is 71.5 Å². The van der Waals surface area contributed by atoms with Gasteiger partial charge in [0.15, 0.2) is 5.76 Å². The zero-order chi connectivity index (χ0) is 37.6. The second-order valence-electron chi connectivity index (χ2n) is 16.5. The number of hydrogen-bond donors (Lipinski definition) is 0. The van der Waals surface area contributed by atoms with Crippen LogP contribution >= 0.6 is 0 Å². The van der Waals surface area contributed by atoms with Gasteiger partial charge < -0.3 is 23.7 Å². The van der Waals surface area contributed by atoms with Gasteiger partial charge in [0.05, 0.1) is 5.56 Å². The topological polar surface area (TPSA) is 44.9 Å². The lowest BCUT2D eigenvalue weighted by Gasteiger charge is -2.42. The summed E-state index contributed by atoms with van der Waals surface area (Å²) < 4.78 is 48.9. The highest BCUT2D eigenvalue weighted by Gasteiger charge is 2.37. The van der Waals surface area contributed by atoms with Crippen LogP contribution in [0.5, 0.6) is 0 Å². The SMILES string of the molecule is Cc1cc2c(cc1Cc1ccc(C(=O)N(CCCN3CCN(C)CC3)Cc3cc(C)n(-c4cccc(C(F)(F)F)c4)c3C)o1)C(C)(C)CCC2(C)C. The lowest BCUT2D eigenvalue weighted by molar-refractivity contribution is -0.137. The van der Waals surface area contributed by atoms with Gasteiger partial charge in [0.2, 0.25) is 0 Å². The van der Waals surface area contributed by atoms with Crippen molar-refractivity contribution >= 4 is 5.91 Å². The summed E-state index contributed by atoms with van der Waals surface area (Å²) in [7, 11) is 2.14. The van der Waals surface area contributed by atoms with Crippen LogP contribution in [0.15, 0.2) is 59.0 Å². The standard InChI is InChI=1S/C43H55F3N4O2/c1-29-23-37-38(42(6,7)16-15-41(37,4)5)26-32(29)25-36-13-14-39(52-36)40(51)49(18-10-17-48-21-19-47(8)20-22-48)28-33-24-30(2)50(31(33)3)35-12-9-11-34(27-35)43(44,45)46/h9,11-14,23-24,26-27H,10,15-22,25,28H2,1-8H3. The number of rotatable bonds is 10. The minimum Gasteiger partial charge on any atom is -0.456 e. The van der Waals surface area contributed by atoms with Crippen LogP contribution in [0.25, 0.3) is 5.69 Å². The molecule has 1 aliphatic heterocycles. The number of likely N-dealkylation sites (N-methyl/N-ethyl adjacent to an activating group) is 1. The molecule has 6 rings (SSSR count). The number of amides is 1. The molecule has 0 spiro atoms. The van der Waals surface area contributed by atoms with Crippen molar-refractivity contribution in [1.29, 1.82) is 0 Å². The Morgan fingerprint density at radius 3 is 2.21 bits per heavy atom. The lowest BCUT2D eigenvalue weighted by atomic mass is 9.62. The largest absolute Gasteiger partial charge is 0.456 e. The Kier molecular flexibility index (Phi) is 10.6. The number of halogens is 3. The van der Waals surface area contributed by atoms with E-state index in [9.17, 15) is 18.0 Å². The fourth-order valence-electron chi connectivity index (χ4n) is 8.11.